The van der Waals surface area contributed by atoms with Crippen LogP contribution in [0.1, 0.15) is 39.3 Å². The van der Waals surface area contributed by atoms with Crippen LogP contribution in [-0.2, 0) is 17.9 Å². The molecule has 0 saturated heterocycles. The molecule has 18 heavy (non-hydrogen) atoms. The standard InChI is InChI=1S/C13H23N3O2/c1-4-7-16-11(5-6-15-16)9-14-12(13(17)18)8-10(2)3/h5-6,10,12,14H,4,7-9H2,1-3H3,(H,17,18). The molecular formula is C13H23N3O2. The van der Waals surface area contributed by atoms with E-state index in [-0.39, 0.29) is 0 Å². The summed E-state index contributed by atoms with van der Waals surface area (Å²) in [6.45, 7) is 7.56. The molecule has 1 unspecified atom stereocenters. The predicted molar refractivity (Wildman–Crippen MR) is 70.2 cm³/mol. The van der Waals surface area contributed by atoms with Gasteiger partial charge in [0.1, 0.15) is 6.04 Å². The molecular weight excluding hydrogens is 230 g/mol. The number of nitrogens with one attached hydrogen (secondary N) is 1. The van der Waals surface area contributed by atoms with Gasteiger partial charge in [-0.2, -0.15) is 5.10 Å². The van der Waals surface area contributed by atoms with Gasteiger partial charge in [-0.25, -0.2) is 0 Å². The van der Waals surface area contributed by atoms with Gasteiger partial charge in [-0.3, -0.25) is 14.8 Å². The van der Waals surface area contributed by atoms with Crippen molar-refractivity contribution in [1.29, 1.82) is 0 Å². The highest BCUT2D eigenvalue weighted by molar-refractivity contribution is 5.73. The molecule has 0 aliphatic heterocycles. The lowest BCUT2D eigenvalue weighted by Crippen LogP contribution is -2.37. The summed E-state index contributed by atoms with van der Waals surface area (Å²) in [5.41, 5.74) is 1.03. The maximum absolute atomic E-state index is 11.1. The monoisotopic (exact) mass is 253 g/mol. The molecule has 2 N–H and O–H groups in total. The number of carbonyl (C=O) groups is 1. The molecule has 0 amide bonds. The van der Waals surface area contributed by atoms with Gasteiger partial charge in [0.2, 0.25) is 0 Å². The predicted octanol–water partition coefficient (Wildman–Crippen LogP) is 1.88. The number of aromatic nitrogens is 2. The Hall–Kier alpha value is -1.36. The first-order chi connectivity index (χ1) is 8.54. The summed E-state index contributed by atoms with van der Waals surface area (Å²) in [7, 11) is 0. The van der Waals surface area contributed by atoms with Crippen LogP contribution >= 0.6 is 0 Å². The molecule has 0 aliphatic rings. The van der Waals surface area contributed by atoms with Crippen LogP contribution in [0.3, 0.4) is 0 Å². The second kappa shape index (κ2) is 7.16. The molecule has 5 nitrogen and oxygen atoms in total. The van der Waals surface area contributed by atoms with Crippen molar-refractivity contribution in [2.45, 2.75) is 52.7 Å². The first-order valence-corrected chi connectivity index (χ1v) is 6.51. The number of rotatable bonds is 8. The van der Waals surface area contributed by atoms with Crippen LogP contribution in [0.25, 0.3) is 0 Å². The normalized spacial score (nSPS) is 12.9. The molecule has 5 heteroatoms. The number of hydrogen-bond acceptors (Lipinski definition) is 3. The van der Waals surface area contributed by atoms with E-state index in [0.717, 1.165) is 18.7 Å². The van der Waals surface area contributed by atoms with Crippen molar-refractivity contribution in [2.75, 3.05) is 0 Å². The minimum Gasteiger partial charge on any atom is -0.480 e. The Bertz CT molecular complexity index is 374. The van der Waals surface area contributed by atoms with E-state index >= 15 is 0 Å². The van der Waals surface area contributed by atoms with Crippen LogP contribution in [0.2, 0.25) is 0 Å². The van der Waals surface area contributed by atoms with Crippen LogP contribution in [-0.4, -0.2) is 26.9 Å². The van der Waals surface area contributed by atoms with Crippen LogP contribution in [0.5, 0.6) is 0 Å². The molecule has 102 valence electrons. The Morgan fingerprint density at radius 1 is 1.56 bits per heavy atom. The van der Waals surface area contributed by atoms with Gasteiger partial charge in [-0.15, -0.1) is 0 Å². The zero-order chi connectivity index (χ0) is 13.5. The number of hydrogen-bond donors (Lipinski definition) is 2. The van der Waals surface area contributed by atoms with Crippen molar-refractivity contribution in [3.8, 4) is 0 Å². The van der Waals surface area contributed by atoms with Gasteiger partial charge >= 0.3 is 5.97 Å². The second-order valence-electron chi connectivity index (χ2n) is 4.95. The third-order valence-electron chi connectivity index (χ3n) is 2.77. The lowest BCUT2D eigenvalue weighted by Gasteiger charge is -2.16. The molecule has 0 bridgehead atoms. The SMILES string of the molecule is CCCn1nccc1CNC(CC(C)C)C(=O)O. The van der Waals surface area contributed by atoms with Crippen molar-refractivity contribution in [2.24, 2.45) is 5.92 Å². The van der Waals surface area contributed by atoms with Crippen molar-refractivity contribution in [1.82, 2.24) is 15.1 Å². The highest BCUT2D eigenvalue weighted by Gasteiger charge is 2.18. The van der Waals surface area contributed by atoms with Crippen molar-refractivity contribution in [3.05, 3.63) is 18.0 Å². The minimum absolute atomic E-state index is 0.360. The number of aryl methyl sites for hydroxylation is 1. The maximum atomic E-state index is 11.1. The highest BCUT2D eigenvalue weighted by Crippen LogP contribution is 2.07. The summed E-state index contributed by atoms with van der Waals surface area (Å²) in [5, 5.41) is 16.4. The van der Waals surface area contributed by atoms with E-state index in [1.54, 1.807) is 6.20 Å². The average Bonchev–Trinajstić information content (AvgIpc) is 2.71. The maximum Gasteiger partial charge on any atom is 0.320 e. The molecule has 0 aliphatic carbocycles. The van der Waals surface area contributed by atoms with Crippen LogP contribution < -0.4 is 5.32 Å². The van der Waals surface area contributed by atoms with Crippen molar-refractivity contribution >= 4 is 5.97 Å². The Labute approximate surface area is 108 Å². The Morgan fingerprint density at radius 3 is 2.83 bits per heavy atom. The molecule has 1 heterocycles. The molecule has 1 rings (SSSR count). The summed E-state index contributed by atoms with van der Waals surface area (Å²) in [6, 6.07) is 1.44. The molecule has 0 spiro atoms. The van der Waals surface area contributed by atoms with E-state index in [9.17, 15) is 4.79 Å². The van der Waals surface area contributed by atoms with Crippen molar-refractivity contribution in [3.63, 3.8) is 0 Å². The van der Waals surface area contributed by atoms with Gasteiger partial charge in [0.05, 0.1) is 5.69 Å². The Kier molecular flexibility index (Phi) is 5.85. The van der Waals surface area contributed by atoms with E-state index < -0.39 is 12.0 Å². The average molecular weight is 253 g/mol. The quantitative estimate of drug-likeness (QED) is 0.742. The summed E-state index contributed by atoms with van der Waals surface area (Å²) in [4.78, 5) is 11.1. The van der Waals surface area contributed by atoms with Crippen LogP contribution in [0, 0.1) is 5.92 Å². The summed E-state index contributed by atoms with van der Waals surface area (Å²) in [6.07, 6.45) is 3.41. The van der Waals surface area contributed by atoms with E-state index in [2.05, 4.69) is 17.3 Å². The molecule has 0 aromatic carbocycles. The van der Waals surface area contributed by atoms with Gasteiger partial charge in [-0.1, -0.05) is 20.8 Å². The molecule has 0 saturated carbocycles. The summed E-state index contributed by atoms with van der Waals surface area (Å²) in [5.74, 6) is -0.426. The lowest BCUT2D eigenvalue weighted by molar-refractivity contribution is -0.140. The molecule has 1 aromatic heterocycles. The van der Waals surface area contributed by atoms with E-state index in [1.165, 1.54) is 0 Å². The topological polar surface area (TPSA) is 67.2 Å². The first-order valence-electron chi connectivity index (χ1n) is 6.51. The first kappa shape index (κ1) is 14.7. The fourth-order valence-corrected chi connectivity index (χ4v) is 1.89. The van der Waals surface area contributed by atoms with Gasteiger partial charge in [0, 0.05) is 19.3 Å². The summed E-state index contributed by atoms with van der Waals surface area (Å²) < 4.78 is 1.92. The largest absolute Gasteiger partial charge is 0.480 e. The van der Waals surface area contributed by atoms with E-state index in [4.69, 9.17) is 5.11 Å². The van der Waals surface area contributed by atoms with Gasteiger partial charge in [-0.05, 0) is 24.8 Å². The van der Waals surface area contributed by atoms with Gasteiger partial charge in [0.15, 0.2) is 0 Å². The zero-order valence-electron chi connectivity index (χ0n) is 11.4. The second-order valence-corrected chi connectivity index (χ2v) is 4.95. The highest BCUT2D eigenvalue weighted by atomic mass is 16.4. The third kappa shape index (κ3) is 4.49. The zero-order valence-corrected chi connectivity index (χ0v) is 11.4. The Morgan fingerprint density at radius 2 is 2.28 bits per heavy atom. The van der Waals surface area contributed by atoms with Gasteiger partial charge < -0.3 is 5.11 Å². The number of nitrogens with zero attached hydrogens (tertiary/aromatic N) is 2. The Balaban J connectivity index is 2.55. The van der Waals surface area contributed by atoms with E-state index in [0.29, 0.717) is 18.9 Å². The van der Waals surface area contributed by atoms with Gasteiger partial charge in [0.25, 0.3) is 0 Å². The molecule has 1 atom stereocenters. The number of aliphatic carboxylic acids is 1. The van der Waals surface area contributed by atoms with Crippen LogP contribution in [0.4, 0.5) is 0 Å². The smallest absolute Gasteiger partial charge is 0.320 e. The number of carboxylic acid groups (broad SMARTS) is 1. The van der Waals surface area contributed by atoms with Crippen LogP contribution in [0.15, 0.2) is 12.3 Å². The summed E-state index contributed by atoms with van der Waals surface area (Å²) >= 11 is 0. The number of carboxylic acids is 1. The lowest BCUT2D eigenvalue weighted by atomic mass is 10.0. The molecule has 0 fully saturated rings. The minimum atomic E-state index is -0.787. The van der Waals surface area contributed by atoms with Crippen molar-refractivity contribution < 1.29 is 9.90 Å². The fraction of sp³-hybridized carbons (Fsp3) is 0.692. The van der Waals surface area contributed by atoms with E-state index in [1.807, 2.05) is 24.6 Å². The fourth-order valence-electron chi connectivity index (χ4n) is 1.89. The molecule has 1 aromatic rings. The third-order valence-corrected chi connectivity index (χ3v) is 2.77. The molecule has 0 radical (unpaired) electrons.